The molecule has 0 saturated heterocycles. The highest BCUT2D eigenvalue weighted by Gasteiger charge is 2.06. The molecule has 0 aliphatic heterocycles. The average molecular weight is 215 g/mol. The predicted molar refractivity (Wildman–Crippen MR) is 68.1 cm³/mol. The number of aromatic nitrogens is 1. The smallest absolute Gasteiger partial charge is 0.248 e. The van der Waals surface area contributed by atoms with Crippen LogP contribution in [0.2, 0.25) is 0 Å². The minimum absolute atomic E-state index is 0.000651. The lowest BCUT2D eigenvalue weighted by Crippen LogP contribution is -2.07. The van der Waals surface area contributed by atoms with Gasteiger partial charge >= 0.3 is 0 Å². The molecule has 0 radical (unpaired) electrons. The zero-order valence-corrected chi connectivity index (χ0v) is 10.1. The van der Waals surface area contributed by atoms with Gasteiger partial charge < -0.3 is 4.98 Å². The summed E-state index contributed by atoms with van der Waals surface area (Å²) in [7, 11) is 0. The van der Waals surface area contributed by atoms with Crippen LogP contribution in [-0.4, -0.2) is 4.98 Å². The first-order valence-corrected chi connectivity index (χ1v) is 5.81. The molecule has 0 amide bonds. The van der Waals surface area contributed by atoms with Crippen LogP contribution in [0.5, 0.6) is 0 Å². The molecule has 0 bridgehead atoms. The van der Waals surface area contributed by atoms with E-state index in [1.807, 2.05) is 0 Å². The number of benzene rings is 1. The van der Waals surface area contributed by atoms with Gasteiger partial charge in [-0.25, -0.2) is 0 Å². The van der Waals surface area contributed by atoms with Gasteiger partial charge in [-0.05, 0) is 36.5 Å². The van der Waals surface area contributed by atoms with Gasteiger partial charge in [0, 0.05) is 11.5 Å². The van der Waals surface area contributed by atoms with E-state index in [1.54, 1.807) is 6.07 Å². The molecular weight excluding hydrogens is 198 g/mol. The van der Waals surface area contributed by atoms with Gasteiger partial charge in [0.25, 0.3) is 0 Å². The van der Waals surface area contributed by atoms with Crippen molar-refractivity contribution in [3.8, 4) is 0 Å². The summed E-state index contributed by atoms with van der Waals surface area (Å²) in [6.07, 6.45) is 1.89. The normalized spacial score (nSPS) is 10.9. The third kappa shape index (κ3) is 1.64. The highest BCUT2D eigenvalue weighted by atomic mass is 16.1. The summed E-state index contributed by atoms with van der Waals surface area (Å²) in [5, 5.41) is 1.18. The van der Waals surface area contributed by atoms with Crippen molar-refractivity contribution >= 4 is 10.9 Å². The number of fused-ring (bicyclic) bond motifs is 1. The maximum atomic E-state index is 11.6. The summed E-state index contributed by atoms with van der Waals surface area (Å²) < 4.78 is 0. The van der Waals surface area contributed by atoms with Crippen LogP contribution in [0.15, 0.2) is 23.0 Å². The van der Waals surface area contributed by atoms with Crippen LogP contribution in [0.25, 0.3) is 10.9 Å². The highest BCUT2D eigenvalue weighted by Crippen LogP contribution is 2.22. The Morgan fingerprint density at radius 2 is 1.81 bits per heavy atom. The van der Waals surface area contributed by atoms with Gasteiger partial charge in [0.1, 0.15) is 0 Å². The number of hydrogen-bond acceptors (Lipinski definition) is 1. The Kier molecular flexibility index (Phi) is 2.82. The van der Waals surface area contributed by atoms with E-state index >= 15 is 0 Å². The quantitative estimate of drug-likeness (QED) is 0.820. The average Bonchev–Trinajstić information content (AvgIpc) is 2.29. The maximum Gasteiger partial charge on any atom is 0.248 e. The Balaban J connectivity index is 2.88. The standard InChI is InChI=1S/C14H17NO/c1-4-10-6-7-12-11(5-2)8-13(16)15-14(12)9(10)3/h6-8H,4-5H2,1-3H3,(H,15,16). The predicted octanol–water partition coefficient (Wildman–Crippen LogP) is 2.96. The molecule has 84 valence electrons. The van der Waals surface area contributed by atoms with Gasteiger partial charge in [0.05, 0.1) is 5.52 Å². The molecule has 2 rings (SSSR count). The first-order valence-electron chi connectivity index (χ1n) is 5.81. The van der Waals surface area contributed by atoms with Crippen molar-refractivity contribution in [2.24, 2.45) is 0 Å². The molecule has 0 aliphatic rings. The van der Waals surface area contributed by atoms with E-state index in [4.69, 9.17) is 0 Å². The van der Waals surface area contributed by atoms with Crippen LogP contribution in [0.1, 0.15) is 30.5 Å². The second kappa shape index (κ2) is 4.12. The number of aryl methyl sites for hydroxylation is 3. The Labute approximate surface area is 95.3 Å². The lowest BCUT2D eigenvalue weighted by molar-refractivity contribution is 1.09. The number of nitrogens with one attached hydrogen (secondary N) is 1. The monoisotopic (exact) mass is 215 g/mol. The van der Waals surface area contributed by atoms with Gasteiger partial charge in [-0.1, -0.05) is 26.0 Å². The summed E-state index contributed by atoms with van der Waals surface area (Å²) in [6, 6.07) is 5.98. The molecular formula is C14H17NO. The van der Waals surface area contributed by atoms with Crippen LogP contribution in [0, 0.1) is 6.92 Å². The lowest BCUT2D eigenvalue weighted by Gasteiger charge is -2.10. The minimum Gasteiger partial charge on any atom is -0.322 e. The molecule has 1 aromatic carbocycles. The molecule has 0 aliphatic carbocycles. The van der Waals surface area contributed by atoms with Gasteiger partial charge in [-0.15, -0.1) is 0 Å². The summed E-state index contributed by atoms with van der Waals surface area (Å²) in [6.45, 7) is 6.30. The zero-order valence-electron chi connectivity index (χ0n) is 10.1. The van der Waals surface area contributed by atoms with E-state index in [2.05, 4.69) is 37.9 Å². The van der Waals surface area contributed by atoms with Crippen molar-refractivity contribution in [1.29, 1.82) is 0 Å². The van der Waals surface area contributed by atoms with Crippen LogP contribution >= 0.6 is 0 Å². The molecule has 1 heterocycles. The number of aromatic amines is 1. The van der Waals surface area contributed by atoms with Gasteiger partial charge in [0.2, 0.25) is 5.56 Å². The fraction of sp³-hybridized carbons (Fsp3) is 0.357. The number of rotatable bonds is 2. The first-order chi connectivity index (χ1) is 7.67. The fourth-order valence-corrected chi connectivity index (χ4v) is 2.25. The van der Waals surface area contributed by atoms with Crippen molar-refractivity contribution in [3.05, 3.63) is 45.2 Å². The van der Waals surface area contributed by atoms with E-state index in [1.165, 1.54) is 16.5 Å². The largest absolute Gasteiger partial charge is 0.322 e. The molecule has 0 atom stereocenters. The molecule has 16 heavy (non-hydrogen) atoms. The summed E-state index contributed by atoms with van der Waals surface area (Å²) in [5.74, 6) is 0. The highest BCUT2D eigenvalue weighted by molar-refractivity contribution is 5.85. The van der Waals surface area contributed by atoms with Crippen molar-refractivity contribution in [2.75, 3.05) is 0 Å². The molecule has 0 spiro atoms. The minimum atomic E-state index is 0.000651. The van der Waals surface area contributed by atoms with Gasteiger partial charge in [0.15, 0.2) is 0 Å². The maximum absolute atomic E-state index is 11.6. The van der Waals surface area contributed by atoms with E-state index in [0.717, 1.165) is 23.9 Å². The van der Waals surface area contributed by atoms with E-state index in [-0.39, 0.29) is 5.56 Å². The van der Waals surface area contributed by atoms with Crippen LogP contribution in [0.4, 0.5) is 0 Å². The second-order valence-electron chi connectivity index (χ2n) is 4.14. The van der Waals surface area contributed by atoms with Crippen molar-refractivity contribution in [1.82, 2.24) is 4.98 Å². The van der Waals surface area contributed by atoms with Crippen molar-refractivity contribution < 1.29 is 0 Å². The zero-order chi connectivity index (χ0) is 11.7. The number of hydrogen-bond donors (Lipinski definition) is 1. The third-order valence-electron chi connectivity index (χ3n) is 3.24. The first kappa shape index (κ1) is 10.9. The van der Waals surface area contributed by atoms with Crippen LogP contribution in [0.3, 0.4) is 0 Å². The Morgan fingerprint density at radius 3 is 2.44 bits per heavy atom. The topological polar surface area (TPSA) is 32.9 Å². The molecule has 2 aromatic rings. The van der Waals surface area contributed by atoms with Crippen LogP contribution in [-0.2, 0) is 12.8 Å². The number of H-pyrrole nitrogens is 1. The number of pyridine rings is 1. The van der Waals surface area contributed by atoms with E-state index < -0.39 is 0 Å². The van der Waals surface area contributed by atoms with Crippen molar-refractivity contribution in [3.63, 3.8) is 0 Å². The Morgan fingerprint density at radius 1 is 1.12 bits per heavy atom. The van der Waals surface area contributed by atoms with Gasteiger partial charge in [-0.3, -0.25) is 4.79 Å². The van der Waals surface area contributed by atoms with Crippen molar-refractivity contribution in [2.45, 2.75) is 33.6 Å². The molecule has 2 nitrogen and oxygen atoms in total. The second-order valence-corrected chi connectivity index (χ2v) is 4.14. The van der Waals surface area contributed by atoms with Gasteiger partial charge in [-0.2, -0.15) is 0 Å². The molecule has 1 aromatic heterocycles. The van der Waals surface area contributed by atoms with E-state index in [0.29, 0.717) is 0 Å². The fourth-order valence-electron chi connectivity index (χ4n) is 2.25. The molecule has 0 unspecified atom stereocenters. The van der Waals surface area contributed by atoms with E-state index in [9.17, 15) is 4.79 Å². The Hall–Kier alpha value is -1.57. The summed E-state index contributed by atoms with van der Waals surface area (Å²) in [5.41, 5.74) is 4.64. The summed E-state index contributed by atoms with van der Waals surface area (Å²) >= 11 is 0. The van der Waals surface area contributed by atoms with Crippen LogP contribution < -0.4 is 5.56 Å². The third-order valence-corrected chi connectivity index (χ3v) is 3.24. The lowest BCUT2D eigenvalue weighted by atomic mass is 9.99. The molecule has 2 heteroatoms. The molecule has 0 fully saturated rings. The summed E-state index contributed by atoms with van der Waals surface area (Å²) in [4.78, 5) is 14.5. The Bertz CT molecular complexity index is 581. The molecule has 0 saturated carbocycles. The SMILES string of the molecule is CCc1ccc2c(CC)cc(=O)[nH]c2c1C. The molecule has 1 N–H and O–H groups in total.